The standard InChI is InChI=1S/C18H21NO2/c1-16(21-15-20)12-19(13-17-8-4-2-5-9-17)14-18-10-6-3-7-11-18/h2-11,15-16H,12-14H2,1H3/t16-/m1/s1. The van der Waals surface area contributed by atoms with E-state index in [0.717, 1.165) is 13.1 Å². The van der Waals surface area contributed by atoms with E-state index in [2.05, 4.69) is 29.2 Å². The van der Waals surface area contributed by atoms with Gasteiger partial charge in [0, 0.05) is 19.6 Å². The predicted octanol–water partition coefficient (Wildman–Crippen LogP) is 3.25. The molecule has 2 rings (SSSR count). The third-order valence-corrected chi connectivity index (χ3v) is 3.30. The van der Waals surface area contributed by atoms with Crippen LogP contribution in [0.25, 0.3) is 0 Å². The van der Waals surface area contributed by atoms with Crippen LogP contribution < -0.4 is 0 Å². The zero-order chi connectivity index (χ0) is 14.9. The molecule has 3 nitrogen and oxygen atoms in total. The summed E-state index contributed by atoms with van der Waals surface area (Å²) in [5.41, 5.74) is 2.51. The number of ether oxygens (including phenoxy) is 1. The maximum Gasteiger partial charge on any atom is 0.293 e. The zero-order valence-electron chi connectivity index (χ0n) is 12.3. The van der Waals surface area contributed by atoms with Crippen LogP contribution in [0, 0.1) is 0 Å². The first kappa shape index (κ1) is 15.3. The Morgan fingerprint density at radius 2 is 1.43 bits per heavy atom. The van der Waals surface area contributed by atoms with Gasteiger partial charge in [-0.25, -0.2) is 0 Å². The Kier molecular flexibility index (Phi) is 5.98. The molecule has 0 aliphatic carbocycles. The molecule has 0 heterocycles. The Morgan fingerprint density at radius 3 is 1.86 bits per heavy atom. The molecular weight excluding hydrogens is 262 g/mol. The minimum Gasteiger partial charge on any atom is -0.464 e. The molecule has 0 saturated carbocycles. The van der Waals surface area contributed by atoms with E-state index in [1.54, 1.807) is 0 Å². The third kappa shape index (κ3) is 5.40. The Balaban J connectivity index is 2.04. The van der Waals surface area contributed by atoms with Crippen LogP contribution in [0.3, 0.4) is 0 Å². The highest BCUT2D eigenvalue weighted by molar-refractivity contribution is 5.37. The summed E-state index contributed by atoms with van der Waals surface area (Å²) in [5, 5.41) is 0. The van der Waals surface area contributed by atoms with Gasteiger partial charge in [0.25, 0.3) is 6.47 Å². The zero-order valence-corrected chi connectivity index (χ0v) is 12.3. The number of rotatable bonds is 8. The maximum absolute atomic E-state index is 10.5. The van der Waals surface area contributed by atoms with Crippen LogP contribution >= 0.6 is 0 Å². The molecule has 0 spiro atoms. The molecule has 21 heavy (non-hydrogen) atoms. The summed E-state index contributed by atoms with van der Waals surface area (Å²) in [4.78, 5) is 12.8. The molecule has 1 atom stereocenters. The van der Waals surface area contributed by atoms with Crippen LogP contribution in [-0.4, -0.2) is 24.0 Å². The quantitative estimate of drug-likeness (QED) is 0.696. The minimum absolute atomic E-state index is 0.116. The van der Waals surface area contributed by atoms with E-state index < -0.39 is 0 Å². The van der Waals surface area contributed by atoms with Crippen LogP contribution in [0.15, 0.2) is 60.7 Å². The van der Waals surface area contributed by atoms with Crippen LogP contribution in [0.2, 0.25) is 0 Å². The average molecular weight is 283 g/mol. The number of carbonyl (C=O) groups excluding carboxylic acids is 1. The van der Waals surface area contributed by atoms with Crippen molar-refractivity contribution in [1.82, 2.24) is 4.90 Å². The van der Waals surface area contributed by atoms with E-state index in [-0.39, 0.29) is 6.10 Å². The van der Waals surface area contributed by atoms with Crippen LogP contribution in [-0.2, 0) is 22.6 Å². The van der Waals surface area contributed by atoms with Crippen molar-refractivity contribution in [3.8, 4) is 0 Å². The van der Waals surface area contributed by atoms with Crippen LogP contribution in [0.1, 0.15) is 18.1 Å². The lowest BCUT2D eigenvalue weighted by atomic mass is 10.1. The van der Waals surface area contributed by atoms with Crippen LogP contribution in [0.5, 0.6) is 0 Å². The fourth-order valence-corrected chi connectivity index (χ4v) is 2.37. The fourth-order valence-electron chi connectivity index (χ4n) is 2.37. The number of hydrogen-bond acceptors (Lipinski definition) is 3. The van der Waals surface area contributed by atoms with Gasteiger partial charge in [-0.05, 0) is 18.1 Å². The highest BCUT2D eigenvalue weighted by Crippen LogP contribution is 2.11. The molecule has 110 valence electrons. The molecule has 0 unspecified atom stereocenters. The summed E-state index contributed by atoms with van der Waals surface area (Å²) in [6.45, 7) is 4.82. The highest BCUT2D eigenvalue weighted by Gasteiger charge is 2.12. The van der Waals surface area contributed by atoms with E-state index in [1.165, 1.54) is 11.1 Å². The second-order valence-corrected chi connectivity index (χ2v) is 5.18. The van der Waals surface area contributed by atoms with Crippen molar-refractivity contribution in [1.29, 1.82) is 0 Å². The van der Waals surface area contributed by atoms with Crippen molar-refractivity contribution in [2.45, 2.75) is 26.1 Å². The molecule has 3 heteroatoms. The normalized spacial score (nSPS) is 12.1. The Labute approximate surface area is 126 Å². The van der Waals surface area contributed by atoms with Gasteiger partial charge in [0.2, 0.25) is 0 Å². The molecule has 2 aromatic carbocycles. The Hall–Kier alpha value is -2.13. The van der Waals surface area contributed by atoms with Crippen molar-refractivity contribution >= 4 is 6.47 Å². The van der Waals surface area contributed by atoms with E-state index >= 15 is 0 Å². The molecule has 0 N–H and O–H groups in total. The van der Waals surface area contributed by atoms with E-state index in [1.807, 2.05) is 43.3 Å². The van der Waals surface area contributed by atoms with Crippen molar-refractivity contribution in [2.24, 2.45) is 0 Å². The SMILES string of the molecule is C[C@H](CN(Cc1ccccc1)Cc1ccccc1)OC=O. The Bertz CT molecular complexity index is 486. The smallest absolute Gasteiger partial charge is 0.293 e. The first-order valence-electron chi connectivity index (χ1n) is 7.17. The molecule has 0 saturated heterocycles. The van der Waals surface area contributed by atoms with Crippen molar-refractivity contribution in [3.63, 3.8) is 0 Å². The monoisotopic (exact) mass is 283 g/mol. The molecule has 0 bridgehead atoms. The molecular formula is C18H21NO2. The van der Waals surface area contributed by atoms with Gasteiger partial charge < -0.3 is 4.74 Å². The summed E-state index contributed by atoms with van der Waals surface area (Å²) in [5.74, 6) is 0. The van der Waals surface area contributed by atoms with Gasteiger partial charge >= 0.3 is 0 Å². The molecule has 0 radical (unpaired) electrons. The van der Waals surface area contributed by atoms with Crippen molar-refractivity contribution < 1.29 is 9.53 Å². The molecule has 0 aliphatic rings. The lowest BCUT2D eigenvalue weighted by Crippen LogP contribution is -2.31. The van der Waals surface area contributed by atoms with Gasteiger partial charge in [-0.3, -0.25) is 9.69 Å². The number of benzene rings is 2. The molecule has 0 aliphatic heterocycles. The van der Waals surface area contributed by atoms with Crippen molar-refractivity contribution in [3.05, 3.63) is 71.8 Å². The summed E-state index contributed by atoms with van der Waals surface area (Å²) in [7, 11) is 0. The Morgan fingerprint density at radius 1 is 0.952 bits per heavy atom. The fraction of sp³-hybridized carbons (Fsp3) is 0.278. The highest BCUT2D eigenvalue weighted by atomic mass is 16.5. The largest absolute Gasteiger partial charge is 0.464 e. The number of hydrogen-bond donors (Lipinski definition) is 0. The minimum atomic E-state index is -0.116. The van der Waals surface area contributed by atoms with Crippen molar-refractivity contribution in [2.75, 3.05) is 6.54 Å². The molecule has 0 fully saturated rings. The first-order valence-corrected chi connectivity index (χ1v) is 7.17. The summed E-state index contributed by atoms with van der Waals surface area (Å²) >= 11 is 0. The van der Waals surface area contributed by atoms with E-state index in [0.29, 0.717) is 13.0 Å². The lowest BCUT2D eigenvalue weighted by molar-refractivity contribution is -0.133. The topological polar surface area (TPSA) is 29.5 Å². The molecule has 0 amide bonds. The second-order valence-electron chi connectivity index (χ2n) is 5.18. The van der Waals surface area contributed by atoms with Gasteiger partial charge in [0.15, 0.2) is 0 Å². The van der Waals surface area contributed by atoms with Gasteiger partial charge in [0.05, 0.1) is 0 Å². The number of nitrogens with zero attached hydrogens (tertiary/aromatic N) is 1. The first-order chi connectivity index (χ1) is 10.3. The van der Waals surface area contributed by atoms with E-state index in [4.69, 9.17) is 4.74 Å². The van der Waals surface area contributed by atoms with Crippen LogP contribution in [0.4, 0.5) is 0 Å². The number of carbonyl (C=O) groups is 1. The van der Waals surface area contributed by atoms with Gasteiger partial charge in [-0.2, -0.15) is 0 Å². The van der Waals surface area contributed by atoms with Gasteiger partial charge in [-0.15, -0.1) is 0 Å². The summed E-state index contributed by atoms with van der Waals surface area (Å²) in [6, 6.07) is 20.7. The molecule has 2 aromatic rings. The van der Waals surface area contributed by atoms with E-state index in [9.17, 15) is 4.79 Å². The second kappa shape index (κ2) is 8.22. The third-order valence-electron chi connectivity index (χ3n) is 3.30. The summed E-state index contributed by atoms with van der Waals surface area (Å²) in [6.07, 6.45) is -0.116. The maximum atomic E-state index is 10.5. The summed E-state index contributed by atoms with van der Waals surface area (Å²) < 4.78 is 5.03. The average Bonchev–Trinajstić information content (AvgIpc) is 2.49. The van der Waals surface area contributed by atoms with Gasteiger partial charge in [-0.1, -0.05) is 60.7 Å². The molecule has 0 aromatic heterocycles. The lowest BCUT2D eigenvalue weighted by Gasteiger charge is -2.25. The predicted molar refractivity (Wildman–Crippen MR) is 83.6 cm³/mol. The van der Waals surface area contributed by atoms with Gasteiger partial charge in [0.1, 0.15) is 6.10 Å².